The summed E-state index contributed by atoms with van der Waals surface area (Å²) in [6.07, 6.45) is 1.95. The minimum absolute atomic E-state index is 0.0222. The number of fused-ring (bicyclic) bond motifs is 1. The first kappa shape index (κ1) is 12.5. The van der Waals surface area contributed by atoms with Gasteiger partial charge in [0, 0.05) is 29.6 Å². The Morgan fingerprint density at radius 1 is 1.39 bits per heavy atom. The topological polar surface area (TPSA) is 48.1 Å². The molecule has 0 aliphatic carbocycles. The number of hydrogen-bond acceptors (Lipinski definition) is 4. The molecular weight excluding hydrogens is 312 g/mol. The minimum Gasteiger partial charge on any atom is -0.381 e. The van der Waals surface area contributed by atoms with Gasteiger partial charge in [-0.15, -0.1) is 11.3 Å². The first-order valence-corrected chi connectivity index (χ1v) is 7.69. The summed E-state index contributed by atoms with van der Waals surface area (Å²) >= 11 is 5.26. The molecule has 0 bridgehead atoms. The fraction of sp³-hybridized carbons (Fsp3) is 0.462. The van der Waals surface area contributed by atoms with Crippen molar-refractivity contribution in [3.8, 4) is 0 Å². The molecule has 0 saturated carbocycles. The molecule has 1 aromatic heterocycles. The summed E-state index contributed by atoms with van der Waals surface area (Å²) in [6, 6.07) is 6.24. The van der Waals surface area contributed by atoms with Crippen LogP contribution in [0.4, 0.5) is 0 Å². The van der Waals surface area contributed by atoms with E-state index >= 15 is 0 Å². The Bertz CT molecular complexity index is 563. The molecule has 0 radical (unpaired) electrons. The van der Waals surface area contributed by atoms with Crippen molar-refractivity contribution in [2.75, 3.05) is 19.8 Å². The third-order valence-electron chi connectivity index (χ3n) is 3.64. The van der Waals surface area contributed by atoms with Crippen molar-refractivity contribution in [1.82, 2.24) is 4.98 Å². The summed E-state index contributed by atoms with van der Waals surface area (Å²) in [7, 11) is 0. The second kappa shape index (κ2) is 4.89. The lowest BCUT2D eigenvalue weighted by atomic mass is 9.81. The predicted octanol–water partition coefficient (Wildman–Crippen LogP) is 3.07. The maximum absolute atomic E-state index is 6.02. The maximum Gasteiger partial charge on any atom is 0.101 e. The molecule has 1 aromatic carbocycles. The van der Waals surface area contributed by atoms with Crippen LogP contribution in [-0.4, -0.2) is 24.7 Å². The highest BCUT2D eigenvalue weighted by atomic mass is 79.9. The van der Waals surface area contributed by atoms with Gasteiger partial charge in [0.1, 0.15) is 5.01 Å². The van der Waals surface area contributed by atoms with Crippen molar-refractivity contribution >= 4 is 37.5 Å². The predicted molar refractivity (Wildman–Crippen MR) is 78.1 cm³/mol. The SMILES string of the molecule is NCC1(c2nc3cc(Br)ccc3s2)CCOCC1. The lowest BCUT2D eigenvalue weighted by Gasteiger charge is -2.34. The number of nitrogens with two attached hydrogens (primary N) is 1. The Morgan fingerprint density at radius 2 is 2.17 bits per heavy atom. The van der Waals surface area contributed by atoms with Crippen molar-refractivity contribution in [2.45, 2.75) is 18.3 Å². The molecule has 2 aromatic rings. The quantitative estimate of drug-likeness (QED) is 0.922. The standard InChI is InChI=1S/C13H15BrN2OS/c14-9-1-2-11-10(7-9)16-12(18-11)13(8-15)3-5-17-6-4-13/h1-2,7H,3-6,8,15H2. The minimum atomic E-state index is 0.0222. The third kappa shape index (κ3) is 2.09. The zero-order valence-electron chi connectivity index (χ0n) is 9.99. The van der Waals surface area contributed by atoms with Gasteiger partial charge >= 0.3 is 0 Å². The zero-order chi connectivity index (χ0) is 12.6. The molecule has 1 aliphatic rings. The van der Waals surface area contributed by atoms with E-state index in [0.29, 0.717) is 6.54 Å². The van der Waals surface area contributed by atoms with Gasteiger partial charge in [-0.05, 0) is 31.0 Å². The van der Waals surface area contributed by atoms with Crippen LogP contribution in [0.3, 0.4) is 0 Å². The molecule has 1 saturated heterocycles. The summed E-state index contributed by atoms with van der Waals surface area (Å²) < 4.78 is 7.75. The molecule has 2 N–H and O–H groups in total. The molecule has 0 unspecified atom stereocenters. The summed E-state index contributed by atoms with van der Waals surface area (Å²) in [4.78, 5) is 4.79. The molecule has 3 rings (SSSR count). The van der Waals surface area contributed by atoms with Gasteiger partial charge in [0.15, 0.2) is 0 Å². The van der Waals surface area contributed by atoms with E-state index in [1.807, 2.05) is 0 Å². The molecule has 96 valence electrons. The van der Waals surface area contributed by atoms with E-state index in [1.165, 1.54) is 9.71 Å². The van der Waals surface area contributed by atoms with E-state index in [0.717, 1.165) is 36.0 Å². The van der Waals surface area contributed by atoms with Crippen LogP contribution in [0.2, 0.25) is 0 Å². The van der Waals surface area contributed by atoms with Crippen molar-refractivity contribution < 1.29 is 4.74 Å². The second-order valence-electron chi connectivity index (χ2n) is 4.73. The fourth-order valence-electron chi connectivity index (χ4n) is 2.39. The zero-order valence-corrected chi connectivity index (χ0v) is 12.4. The normalized spacial score (nSPS) is 19.2. The molecule has 1 aliphatic heterocycles. The second-order valence-corrected chi connectivity index (χ2v) is 6.67. The number of aromatic nitrogens is 1. The molecule has 1 fully saturated rings. The number of halogens is 1. The number of ether oxygens (including phenoxy) is 1. The van der Waals surface area contributed by atoms with Gasteiger partial charge in [0.05, 0.1) is 10.2 Å². The molecular formula is C13H15BrN2OS. The maximum atomic E-state index is 6.02. The summed E-state index contributed by atoms with van der Waals surface area (Å²) in [6.45, 7) is 2.23. The highest BCUT2D eigenvalue weighted by Crippen LogP contribution is 2.38. The summed E-state index contributed by atoms with van der Waals surface area (Å²) in [5.41, 5.74) is 7.11. The fourth-order valence-corrected chi connectivity index (χ4v) is 3.95. The van der Waals surface area contributed by atoms with E-state index in [-0.39, 0.29) is 5.41 Å². The van der Waals surface area contributed by atoms with Crippen molar-refractivity contribution in [3.63, 3.8) is 0 Å². The molecule has 18 heavy (non-hydrogen) atoms. The Morgan fingerprint density at radius 3 is 2.89 bits per heavy atom. The Hall–Kier alpha value is -0.490. The largest absolute Gasteiger partial charge is 0.381 e. The smallest absolute Gasteiger partial charge is 0.101 e. The van der Waals surface area contributed by atoms with Crippen LogP contribution in [0.5, 0.6) is 0 Å². The van der Waals surface area contributed by atoms with Crippen LogP contribution in [0.25, 0.3) is 10.2 Å². The number of hydrogen-bond donors (Lipinski definition) is 1. The van der Waals surface area contributed by atoms with Gasteiger partial charge in [-0.25, -0.2) is 4.98 Å². The first-order valence-electron chi connectivity index (χ1n) is 6.08. The van der Waals surface area contributed by atoms with E-state index in [1.54, 1.807) is 11.3 Å². The number of rotatable bonds is 2. The Labute approximate surface area is 118 Å². The van der Waals surface area contributed by atoms with Gasteiger partial charge in [0.25, 0.3) is 0 Å². The summed E-state index contributed by atoms with van der Waals surface area (Å²) in [5, 5.41) is 1.17. The van der Waals surface area contributed by atoms with Gasteiger partial charge in [-0.2, -0.15) is 0 Å². The number of nitrogens with zero attached hydrogens (tertiary/aromatic N) is 1. The van der Waals surface area contributed by atoms with Crippen molar-refractivity contribution in [2.24, 2.45) is 5.73 Å². The molecule has 5 heteroatoms. The van der Waals surface area contributed by atoms with Crippen LogP contribution in [0.1, 0.15) is 17.8 Å². The number of benzene rings is 1. The molecule has 2 heterocycles. The van der Waals surface area contributed by atoms with Crippen LogP contribution >= 0.6 is 27.3 Å². The monoisotopic (exact) mass is 326 g/mol. The Balaban J connectivity index is 2.06. The van der Waals surface area contributed by atoms with Crippen LogP contribution in [-0.2, 0) is 10.2 Å². The van der Waals surface area contributed by atoms with Gasteiger partial charge in [-0.1, -0.05) is 15.9 Å². The van der Waals surface area contributed by atoms with E-state index < -0.39 is 0 Å². The third-order valence-corrected chi connectivity index (χ3v) is 5.42. The molecule has 0 spiro atoms. The van der Waals surface area contributed by atoms with Crippen molar-refractivity contribution in [1.29, 1.82) is 0 Å². The average Bonchev–Trinajstić information content (AvgIpc) is 2.83. The lowest BCUT2D eigenvalue weighted by molar-refractivity contribution is 0.0529. The summed E-state index contributed by atoms with van der Waals surface area (Å²) in [5.74, 6) is 0. The molecule has 0 atom stereocenters. The average molecular weight is 327 g/mol. The Kier molecular flexibility index (Phi) is 3.40. The highest BCUT2D eigenvalue weighted by molar-refractivity contribution is 9.10. The highest BCUT2D eigenvalue weighted by Gasteiger charge is 2.36. The van der Waals surface area contributed by atoms with Gasteiger partial charge < -0.3 is 10.5 Å². The molecule has 0 amide bonds. The van der Waals surface area contributed by atoms with Gasteiger partial charge in [-0.3, -0.25) is 0 Å². The van der Waals surface area contributed by atoms with E-state index in [2.05, 4.69) is 34.1 Å². The first-order chi connectivity index (χ1) is 8.73. The van der Waals surface area contributed by atoms with E-state index in [9.17, 15) is 0 Å². The van der Waals surface area contributed by atoms with Crippen LogP contribution in [0, 0.1) is 0 Å². The van der Waals surface area contributed by atoms with Crippen LogP contribution < -0.4 is 5.73 Å². The van der Waals surface area contributed by atoms with Crippen molar-refractivity contribution in [3.05, 3.63) is 27.7 Å². The van der Waals surface area contributed by atoms with Gasteiger partial charge in [0.2, 0.25) is 0 Å². The molecule has 3 nitrogen and oxygen atoms in total. The lowest BCUT2D eigenvalue weighted by Crippen LogP contribution is -2.40. The van der Waals surface area contributed by atoms with Crippen LogP contribution in [0.15, 0.2) is 22.7 Å². The number of thiazole rings is 1. The van der Waals surface area contributed by atoms with E-state index in [4.69, 9.17) is 15.5 Å².